The van der Waals surface area contributed by atoms with E-state index in [9.17, 15) is 0 Å². The Morgan fingerprint density at radius 2 is 1.86 bits per heavy atom. The van der Waals surface area contributed by atoms with Crippen molar-refractivity contribution < 1.29 is 0 Å². The van der Waals surface area contributed by atoms with Gasteiger partial charge in [-0.05, 0) is 31.1 Å². The lowest BCUT2D eigenvalue weighted by Crippen LogP contribution is -2.13. The summed E-state index contributed by atoms with van der Waals surface area (Å²) in [5.41, 5.74) is 0. The van der Waals surface area contributed by atoms with Gasteiger partial charge in [-0.2, -0.15) is 0 Å². The summed E-state index contributed by atoms with van der Waals surface area (Å²) in [7, 11) is 0. The molecule has 0 radical (unpaired) electrons. The van der Waals surface area contributed by atoms with Crippen LogP contribution in [0.1, 0.15) is 19.3 Å². The highest BCUT2D eigenvalue weighted by atomic mass is 79.9. The third-order valence-electron chi connectivity index (χ3n) is 2.34. The molecule has 0 spiro atoms. The van der Waals surface area contributed by atoms with Crippen molar-refractivity contribution in [2.45, 2.75) is 24.1 Å². The van der Waals surface area contributed by atoms with Crippen LogP contribution in [0, 0.1) is 11.8 Å². The van der Waals surface area contributed by atoms with E-state index in [4.69, 9.17) is 0 Å². The third kappa shape index (κ3) is 0.479. The lowest BCUT2D eigenvalue weighted by Gasteiger charge is -2.22. The highest BCUT2D eigenvalue weighted by Gasteiger charge is 2.42. The SMILES string of the molecule is BrC1CC2CC1C2. The fourth-order valence-electron chi connectivity index (χ4n) is 1.79. The molecule has 1 atom stereocenters. The summed E-state index contributed by atoms with van der Waals surface area (Å²) in [4.78, 5) is 0.900. The summed E-state index contributed by atoms with van der Waals surface area (Å²) >= 11 is 3.65. The van der Waals surface area contributed by atoms with Crippen molar-refractivity contribution in [1.29, 1.82) is 0 Å². The first-order valence-corrected chi connectivity index (χ1v) is 3.92. The molecule has 0 aromatic carbocycles. The molecule has 0 heterocycles. The fraction of sp³-hybridized carbons (Fsp3) is 1.00. The van der Waals surface area contributed by atoms with Gasteiger partial charge >= 0.3 is 0 Å². The van der Waals surface area contributed by atoms with Crippen molar-refractivity contribution in [2.24, 2.45) is 11.8 Å². The van der Waals surface area contributed by atoms with Crippen LogP contribution < -0.4 is 0 Å². The average molecular weight is 161 g/mol. The molecule has 0 aromatic rings. The number of halogens is 1. The van der Waals surface area contributed by atoms with Gasteiger partial charge in [-0.15, -0.1) is 0 Å². The predicted molar refractivity (Wildman–Crippen MR) is 33.5 cm³/mol. The molecule has 7 heavy (non-hydrogen) atoms. The minimum atomic E-state index is 0.900. The quantitative estimate of drug-likeness (QED) is 0.477. The Balaban J connectivity index is 2.13. The van der Waals surface area contributed by atoms with Crippen molar-refractivity contribution in [1.82, 2.24) is 0 Å². The number of hydrogen-bond acceptors (Lipinski definition) is 0. The Kier molecular flexibility index (Phi) is 0.780. The summed E-state index contributed by atoms with van der Waals surface area (Å²) in [6.07, 6.45) is 4.51. The minimum Gasteiger partial charge on any atom is -0.0888 e. The third-order valence-corrected chi connectivity index (χ3v) is 3.46. The Hall–Kier alpha value is 0.480. The van der Waals surface area contributed by atoms with E-state index in [0.29, 0.717) is 0 Å². The number of hydrogen-bond donors (Lipinski definition) is 0. The maximum absolute atomic E-state index is 3.65. The van der Waals surface area contributed by atoms with Crippen LogP contribution in [-0.2, 0) is 0 Å². The molecule has 1 heteroatoms. The van der Waals surface area contributed by atoms with Crippen LogP contribution >= 0.6 is 15.9 Å². The van der Waals surface area contributed by atoms with E-state index >= 15 is 0 Å². The van der Waals surface area contributed by atoms with E-state index < -0.39 is 0 Å². The van der Waals surface area contributed by atoms with Gasteiger partial charge in [-0.1, -0.05) is 15.9 Å². The first-order valence-electron chi connectivity index (χ1n) is 3.00. The minimum absolute atomic E-state index is 0.900. The highest BCUT2D eigenvalue weighted by molar-refractivity contribution is 9.09. The maximum Gasteiger partial charge on any atom is 0.0176 e. The molecule has 0 amide bonds. The molecule has 0 aromatic heterocycles. The first-order chi connectivity index (χ1) is 3.36. The molecule has 0 N–H and O–H groups in total. The van der Waals surface area contributed by atoms with Gasteiger partial charge in [0.1, 0.15) is 0 Å². The predicted octanol–water partition coefficient (Wildman–Crippen LogP) is 2.18. The Morgan fingerprint density at radius 1 is 1.14 bits per heavy atom. The lowest BCUT2D eigenvalue weighted by molar-refractivity contribution is 0.306. The molecule has 1 unspecified atom stereocenters. The molecule has 0 nitrogen and oxygen atoms in total. The van der Waals surface area contributed by atoms with Crippen LogP contribution in [-0.4, -0.2) is 4.83 Å². The second-order valence-electron chi connectivity index (χ2n) is 2.85. The normalized spacial score (nSPS) is 57.0. The molecule has 3 aliphatic rings. The van der Waals surface area contributed by atoms with Gasteiger partial charge in [0, 0.05) is 4.83 Å². The Labute approximate surface area is 52.4 Å². The highest BCUT2D eigenvalue weighted by Crippen LogP contribution is 2.51. The van der Waals surface area contributed by atoms with Crippen LogP contribution in [0.5, 0.6) is 0 Å². The van der Waals surface area contributed by atoms with Crippen LogP contribution in [0.3, 0.4) is 0 Å². The summed E-state index contributed by atoms with van der Waals surface area (Å²) in [6.45, 7) is 0. The zero-order valence-corrected chi connectivity index (χ0v) is 5.82. The van der Waals surface area contributed by atoms with Gasteiger partial charge < -0.3 is 0 Å². The second-order valence-corrected chi connectivity index (χ2v) is 4.03. The Bertz CT molecular complexity index is 84.2. The second kappa shape index (κ2) is 1.25. The molecular formula is C6H9Br. The molecular weight excluding hydrogens is 152 g/mol. The van der Waals surface area contributed by atoms with Gasteiger partial charge in [0.25, 0.3) is 0 Å². The van der Waals surface area contributed by atoms with Crippen molar-refractivity contribution in [3.63, 3.8) is 0 Å². The summed E-state index contributed by atoms with van der Waals surface area (Å²) < 4.78 is 0. The van der Waals surface area contributed by atoms with Crippen LogP contribution in [0.15, 0.2) is 0 Å². The van der Waals surface area contributed by atoms with E-state index in [1.54, 1.807) is 0 Å². The van der Waals surface area contributed by atoms with Crippen molar-refractivity contribution >= 4 is 15.9 Å². The zero-order valence-electron chi connectivity index (χ0n) is 4.23. The van der Waals surface area contributed by atoms with Gasteiger partial charge in [0.2, 0.25) is 0 Å². The molecule has 3 saturated carbocycles. The standard InChI is InChI=1S/C6H9Br/c7-6-3-4-1-5(6)2-4/h4-6H,1-3H2. The largest absolute Gasteiger partial charge is 0.0888 e. The topological polar surface area (TPSA) is 0 Å². The lowest BCUT2D eigenvalue weighted by atomic mass is 9.85. The van der Waals surface area contributed by atoms with Crippen molar-refractivity contribution in [3.8, 4) is 0 Å². The first kappa shape index (κ1) is 4.37. The summed E-state index contributed by atoms with van der Waals surface area (Å²) in [5, 5.41) is 0. The van der Waals surface area contributed by atoms with Crippen LogP contribution in [0.2, 0.25) is 0 Å². The van der Waals surface area contributed by atoms with E-state index in [1.807, 2.05) is 0 Å². The Morgan fingerprint density at radius 3 is 2.00 bits per heavy atom. The molecule has 0 saturated heterocycles. The van der Waals surface area contributed by atoms with E-state index in [2.05, 4.69) is 15.9 Å². The summed E-state index contributed by atoms with van der Waals surface area (Å²) in [6, 6.07) is 0. The van der Waals surface area contributed by atoms with Gasteiger partial charge in [0.15, 0.2) is 0 Å². The van der Waals surface area contributed by atoms with Gasteiger partial charge in [0.05, 0.1) is 0 Å². The average Bonchev–Trinajstić information content (AvgIpc) is 1.85. The van der Waals surface area contributed by atoms with Crippen molar-refractivity contribution in [3.05, 3.63) is 0 Å². The number of fused-ring (bicyclic) bond motifs is 1. The van der Waals surface area contributed by atoms with Crippen LogP contribution in [0.25, 0.3) is 0 Å². The monoisotopic (exact) mass is 160 g/mol. The zero-order chi connectivity index (χ0) is 4.85. The van der Waals surface area contributed by atoms with E-state index in [-0.39, 0.29) is 0 Å². The molecule has 40 valence electrons. The molecule has 2 bridgehead atoms. The smallest absolute Gasteiger partial charge is 0.0176 e. The van der Waals surface area contributed by atoms with Crippen LogP contribution in [0.4, 0.5) is 0 Å². The maximum atomic E-state index is 3.65. The molecule has 3 fully saturated rings. The molecule has 3 aliphatic carbocycles. The van der Waals surface area contributed by atoms with Gasteiger partial charge in [-0.3, -0.25) is 0 Å². The number of rotatable bonds is 0. The molecule has 3 rings (SSSR count). The number of alkyl halides is 1. The summed E-state index contributed by atoms with van der Waals surface area (Å²) in [5.74, 6) is 2.19. The van der Waals surface area contributed by atoms with E-state index in [0.717, 1.165) is 16.7 Å². The van der Waals surface area contributed by atoms with Crippen molar-refractivity contribution in [2.75, 3.05) is 0 Å². The fourth-order valence-corrected chi connectivity index (χ4v) is 2.75. The van der Waals surface area contributed by atoms with Gasteiger partial charge in [-0.25, -0.2) is 0 Å². The molecule has 0 aliphatic heterocycles. The van der Waals surface area contributed by atoms with E-state index in [1.165, 1.54) is 19.3 Å².